The van der Waals surface area contributed by atoms with Crippen molar-refractivity contribution in [3.05, 3.63) is 65.2 Å². The summed E-state index contributed by atoms with van der Waals surface area (Å²) in [6.45, 7) is 2.16. The summed E-state index contributed by atoms with van der Waals surface area (Å²) in [6, 6.07) is 7.36. The molecule has 1 aliphatic rings. The van der Waals surface area contributed by atoms with E-state index >= 15 is 0 Å². The number of hydrogen-bond acceptors (Lipinski definition) is 4. The molecule has 1 atom stereocenters. The minimum atomic E-state index is -4.81. The fourth-order valence-corrected chi connectivity index (χ4v) is 3.00. The molecule has 0 radical (unpaired) electrons. The Morgan fingerprint density at radius 3 is 2.69 bits per heavy atom. The number of nitrogens with one attached hydrogen (secondary N) is 1. The Morgan fingerprint density at radius 2 is 2.07 bits per heavy atom. The molecule has 3 rings (SSSR count). The molecule has 1 aliphatic heterocycles. The number of nitrogens with zero attached hydrogens (tertiary/aromatic N) is 2. The summed E-state index contributed by atoms with van der Waals surface area (Å²) >= 11 is 0. The zero-order chi connectivity index (χ0) is 21.1. The van der Waals surface area contributed by atoms with E-state index in [1.165, 1.54) is 18.3 Å². The molecule has 1 aromatic carbocycles. The van der Waals surface area contributed by atoms with Gasteiger partial charge in [-0.05, 0) is 30.2 Å². The molecule has 1 N–H and O–H groups in total. The Kier molecular flexibility index (Phi) is 5.86. The lowest BCUT2D eigenvalue weighted by Gasteiger charge is -2.29. The van der Waals surface area contributed by atoms with Gasteiger partial charge in [-0.3, -0.25) is 9.78 Å². The fourth-order valence-electron chi connectivity index (χ4n) is 3.00. The van der Waals surface area contributed by atoms with Gasteiger partial charge < -0.3 is 10.2 Å². The number of aromatic nitrogens is 1. The number of amides is 1. The predicted molar refractivity (Wildman–Crippen MR) is 97.4 cm³/mol. The topological polar surface area (TPSA) is 63.6 Å². The van der Waals surface area contributed by atoms with Crippen LogP contribution in [-0.4, -0.2) is 22.8 Å². The van der Waals surface area contributed by atoms with Gasteiger partial charge >= 0.3 is 6.18 Å². The molecule has 29 heavy (non-hydrogen) atoms. The quantitative estimate of drug-likeness (QED) is 0.727. The van der Waals surface area contributed by atoms with Crippen LogP contribution >= 0.6 is 0 Å². The third-order valence-corrected chi connectivity index (χ3v) is 4.56. The molecular formula is C20H19F4N3O2. The third kappa shape index (κ3) is 4.38. The normalized spacial score (nSPS) is 18.9. The maximum Gasteiger partial charge on any atom is 0.435 e. The van der Waals surface area contributed by atoms with Gasteiger partial charge in [0.25, 0.3) is 5.60 Å². The van der Waals surface area contributed by atoms with E-state index in [0.29, 0.717) is 12.0 Å². The zero-order valence-corrected chi connectivity index (χ0v) is 15.6. The van der Waals surface area contributed by atoms with E-state index in [2.05, 4.69) is 15.5 Å². The van der Waals surface area contributed by atoms with Crippen LogP contribution in [0.5, 0.6) is 0 Å². The number of pyridine rings is 1. The van der Waals surface area contributed by atoms with Gasteiger partial charge in [0.05, 0.1) is 12.1 Å². The second-order valence-corrected chi connectivity index (χ2v) is 6.72. The second kappa shape index (κ2) is 8.18. The van der Waals surface area contributed by atoms with Crippen molar-refractivity contribution in [2.24, 2.45) is 5.16 Å². The van der Waals surface area contributed by atoms with Gasteiger partial charge in [0, 0.05) is 24.7 Å². The highest BCUT2D eigenvalue weighted by Crippen LogP contribution is 2.48. The predicted octanol–water partition coefficient (Wildman–Crippen LogP) is 4.22. The minimum absolute atomic E-state index is 0.00755. The number of hydrogen-bond donors (Lipinski definition) is 1. The summed E-state index contributed by atoms with van der Waals surface area (Å²) in [5, 5.41) is 6.33. The van der Waals surface area contributed by atoms with Gasteiger partial charge in [0.15, 0.2) is 0 Å². The first-order valence-electron chi connectivity index (χ1n) is 9.05. The number of carbonyl (C=O) groups excluding carboxylic acids is 1. The number of carbonyl (C=O) groups is 1. The molecular weight excluding hydrogens is 390 g/mol. The molecule has 0 bridgehead atoms. The van der Waals surface area contributed by atoms with Crippen LogP contribution in [0.3, 0.4) is 0 Å². The van der Waals surface area contributed by atoms with Crippen molar-refractivity contribution < 1.29 is 27.2 Å². The van der Waals surface area contributed by atoms with Crippen LogP contribution in [-0.2, 0) is 21.8 Å². The zero-order valence-electron chi connectivity index (χ0n) is 15.6. The van der Waals surface area contributed by atoms with Crippen molar-refractivity contribution in [3.63, 3.8) is 0 Å². The number of alkyl halides is 3. The largest absolute Gasteiger partial charge is 0.435 e. The molecule has 2 aromatic rings. The van der Waals surface area contributed by atoms with Crippen LogP contribution < -0.4 is 5.32 Å². The molecule has 0 fully saturated rings. The first-order chi connectivity index (χ1) is 13.7. The highest BCUT2D eigenvalue weighted by Gasteiger charge is 2.62. The SMILES string of the molecule is CCCC(=O)NCc1ccc(C2=NOC(c3cccc(F)c3)(C(F)(F)F)C2)nc1. The van der Waals surface area contributed by atoms with Crippen LogP contribution in [0.4, 0.5) is 17.6 Å². The molecule has 1 aromatic heterocycles. The van der Waals surface area contributed by atoms with Crippen molar-refractivity contribution in [1.29, 1.82) is 0 Å². The Hall–Kier alpha value is -2.97. The molecule has 0 spiro atoms. The fraction of sp³-hybridized carbons (Fsp3) is 0.350. The monoisotopic (exact) mass is 409 g/mol. The summed E-state index contributed by atoms with van der Waals surface area (Å²) in [5.74, 6) is -0.883. The van der Waals surface area contributed by atoms with Crippen LogP contribution in [0.15, 0.2) is 47.8 Å². The maximum atomic E-state index is 13.8. The maximum absolute atomic E-state index is 13.8. The van der Waals surface area contributed by atoms with Crippen molar-refractivity contribution in [2.45, 2.75) is 44.5 Å². The van der Waals surface area contributed by atoms with Gasteiger partial charge in [-0.25, -0.2) is 4.39 Å². The van der Waals surface area contributed by atoms with Crippen molar-refractivity contribution >= 4 is 11.6 Å². The summed E-state index contributed by atoms with van der Waals surface area (Å²) in [4.78, 5) is 20.5. The number of oxime groups is 1. The Balaban J connectivity index is 1.77. The van der Waals surface area contributed by atoms with Crippen molar-refractivity contribution in [3.8, 4) is 0 Å². The van der Waals surface area contributed by atoms with Gasteiger partial charge in [-0.2, -0.15) is 13.2 Å². The van der Waals surface area contributed by atoms with E-state index in [4.69, 9.17) is 4.84 Å². The molecule has 0 aliphatic carbocycles. The number of halogens is 4. The highest BCUT2D eigenvalue weighted by molar-refractivity contribution is 6.00. The molecule has 2 heterocycles. The minimum Gasteiger partial charge on any atom is -0.374 e. The van der Waals surface area contributed by atoms with Gasteiger partial charge in [0.2, 0.25) is 5.91 Å². The van der Waals surface area contributed by atoms with Gasteiger partial charge in [-0.1, -0.05) is 30.3 Å². The highest BCUT2D eigenvalue weighted by atomic mass is 19.4. The number of rotatable bonds is 6. The Morgan fingerprint density at radius 1 is 1.28 bits per heavy atom. The van der Waals surface area contributed by atoms with Gasteiger partial charge in [0.1, 0.15) is 11.5 Å². The van der Waals surface area contributed by atoms with Crippen LogP contribution in [0.1, 0.15) is 43.0 Å². The third-order valence-electron chi connectivity index (χ3n) is 4.56. The van der Waals surface area contributed by atoms with E-state index in [-0.39, 0.29) is 29.4 Å². The lowest BCUT2D eigenvalue weighted by Crippen LogP contribution is -2.42. The molecule has 5 nitrogen and oxygen atoms in total. The second-order valence-electron chi connectivity index (χ2n) is 6.72. The lowest BCUT2D eigenvalue weighted by atomic mass is 9.87. The van der Waals surface area contributed by atoms with E-state index in [1.807, 2.05) is 6.92 Å². The van der Waals surface area contributed by atoms with Crippen LogP contribution in [0.2, 0.25) is 0 Å². The Bertz CT molecular complexity index is 913. The molecule has 1 amide bonds. The lowest BCUT2D eigenvalue weighted by molar-refractivity contribution is -0.275. The molecule has 0 saturated heterocycles. The number of benzene rings is 1. The Labute approximate surface area is 164 Å². The first kappa shape index (κ1) is 20.8. The van der Waals surface area contributed by atoms with E-state index in [1.54, 1.807) is 6.07 Å². The van der Waals surface area contributed by atoms with Crippen molar-refractivity contribution in [2.75, 3.05) is 0 Å². The van der Waals surface area contributed by atoms with E-state index in [9.17, 15) is 22.4 Å². The first-order valence-corrected chi connectivity index (χ1v) is 9.05. The van der Waals surface area contributed by atoms with Crippen LogP contribution in [0, 0.1) is 5.82 Å². The summed E-state index contributed by atoms with van der Waals surface area (Å²) < 4.78 is 55.1. The average Bonchev–Trinajstić information content (AvgIpc) is 3.14. The standard InChI is InChI=1S/C20H19F4N3O2/c1-2-4-18(28)26-12-13-7-8-16(25-11-13)17-10-19(29-27-17,20(22,23)24)14-5-3-6-15(21)9-14/h3,5-9,11H,2,4,10,12H2,1H3,(H,26,28). The average molecular weight is 409 g/mol. The van der Waals surface area contributed by atoms with Crippen molar-refractivity contribution in [1.82, 2.24) is 10.3 Å². The summed E-state index contributed by atoms with van der Waals surface area (Å²) in [5.41, 5.74) is -2.20. The van der Waals surface area contributed by atoms with Crippen LogP contribution in [0.25, 0.3) is 0 Å². The molecule has 1 unspecified atom stereocenters. The molecule has 154 valence electrons. The molecule has 9 heteroatoms. The van der Waals surface area contributed by atoms with Gasteiger partial charge in [-0.15, -0.1) is 0 Å². The van der Waals surface area contributed by atoms with E-state index < -0.39 is 24.0 Å². The smallest absolute Gasteiger partial charge is 0.374 e. The summed E-state index contributed by atoms with van der Waals surface area (Å²) in [6.07, 6.45) is -2.83. The molecule has 0 saturated carbocycles. The summed E-state index contributed by atoms with van der Waals surface area (Å²) in [7, 11) is 0. The van der Waals surface area contributed by atoms with E-state index in [0.717, 1.165) is 24.6 Å².